The average molecular weight is 343 g/mol. The molecule has 24 heavy (non-hydrogen) atoms. The summed E-state index contributed by atoms with van der Waals surface area (Å²) in [5.74, 6) is 2.86. The number of rotatable bonds is 4. The molecule has 4 nitrogen and oxygen atoms in total. The zero-order valence-electron chi connectivity index (χ0n) is 14.5. The third-order valence-corrected chi connectivity index (χ3v) is 6.31. The van der Waals surface area contributed by atoms with Crippen LogP contribution in [0.15, 0.2) is 18.3 Å². The number of nitrogens with zero attached hydrogens (tertiary/aromatic N) is 3. The summed E-state index contributed by atoms with van der Waals surface area (Å²) >= 11 is 1.60. The summed E-state index contributed by atoms with van der Waals surface area (Å²) in [5, 5.41) is 0. The van der Waals surface area contributed by atoms with Crippen molar-refractivity contribution in [2.75, 3.05) is 13.1 Å². The first kappa shape index (κ1) is 15.9. The highest BCUT2D eigenvalue weighted by Gasteiger charge is 2.30. The standard InChI is InChI=1S/C19H25N3OS/c1-13-11-20-18(16-4-5-16)22(13)12-15-7-9-21(10-8-15)19(23)17-6-3-14(2)24-17/h3,6,11,15-16H,4-5,7-10,12H2,1-2H3. The van der Waals surface area contributed by atoms with E-state index in [1.807, 2.05) is 23.2 Å². The topological polar surface area (TPSA) is 38.1 Å². The van der Waals surface area contributed by atoms with E-state index in [0.29, 0.717) is 11.8 Å². The fourth-order valence-corrected chi connectivity index (χ4v) is 4.50. The number of aryl methyl sites for hydroxylation is 2. The summed E-state index contributed by atoms with van der Waals surface area (Å²) in [7, 11) is 0. The first-order valence-corrected chi connectivity index (χ1v) is 9.81. The fourth-order valence-electron chi connectivity index (χ4n) is 3.67. The number of aromatic nitrogens is 2. The maximum atomic E-state index is 12.6. The van der Waals surface area contributed by atoms with Crippen LogP contribution in [-0.2, 0) is 6.54 Å². The molecule has 1 saturated carbocycles. The van der Waals surface area contributed by atoms with E-state index in [9.17, 15) is 4.79 Å². The van der Waals surface area contributed by atoms with Crippen LogP contribution in [0.25, 0.3) is 0 Å². The minimum atomic E-state index is 0.212. The Kier molecular flexibility index (Phi) is 4.21. The molecule has 2 fully saturated rings. The van der Waals surface area contributed by atoms with E-state index in [0.717, 1.165) is 37.4 Å². The number of likely N-dealkylation sites (tertiary alicyclic amines) is 1. The quantitative estimate of drug-likeness (QED) is 0.842. The van der Waals surface area contributed by atoms with Crippen molar-refractivity contribution in [3.63, 3.8) is 0 Å². The maximum Gasteiger partial charge on any atom is 0.263 e. The highest BCUT2D eigenvalue weighted by molar-refractivity contribution is 7.13. The lowest BCUT2D eigenvalue weighted by Gasteiger charge is -2.32. The van der Waals surface area contributed by atoms with Crippen LogP contribution < -0.4 is 0 Å². The summed E-state index contributed by atoms with van der Waals surface area (Å²) in [6.45, 7) is 7.05. The number of imidazole rings is 1. The van der Waals surface area contributed by atoms with Crippen LogP contribution in [0.4, 0.5) is 0 Å². The monoisotopic (exact) mass is 343 g/mol. The molecule has 2 aromatic heterocycles. The van der Waals surface area contributed by atoms with Gasteiger partial charge in [0.2, 0.25) is 0 Å². The van der Waals surface area contributed by atoms with Gasteiger partial charge in [0.05, 0.1) is 4.88 Å². The van der Waals surface area contributed by atoms with Crippen LogP contribution in [0, 0.1) is 19.8 Å². The van der Waals surface area contributed by atoms with Crippen molar-refractivity contribution in [3.05, 3.63) is 39.6 Å². The molecule has 1 aliphatic heterocycles. The van der Waals surface area contributed by atoms with Crippen LogP contribution in [-0.4, -0.2) is 33.4 Å². The lowest BCUT2D eigenvalue weighted by Crippen LogP contribution is -2.39. The van der Waals surface area contributed by atoms with Gasteiger partial charge in [-0.05, 0) is 57.6 Å². The number of hydrogen-bond acceptors (Lipinski definition) is 3. The van der Waals surface area contributed by atoms with Gasteiger partial charge < -0.3 is 9.47 Å². The van der Waals surface area contributed by atoms with E-state index in [-0.39, 0.29) is 5.91 Å². The Hall–Kier alpha value is -1.62. The Bertz CT molecular complexity index is 736. The molecule has 2 aromatic rings. The molecule has 1 aliphatic carbocycles. The molecule has 2 aliphatic rings. The summed E-state index contributed by atoms with van der Waals surface area (Å²) in [4.78, 5) is 21.3. The number of amides is 1. The highest BCUT2D eigenvalue weighted by atomic mass is 32.1. The van der Waals surface area contributed by atoms with Crippen LogP contribution in [0.2, 0.25) is 0 Å². The fraction of sp³-hybridized carbons (Fsp3) is 0.579. The summed E-state index contributed by atoms with van der Waals surface area (Å²) in [6, 6.07) is 4.00. The van der Waals surface area contributed by atoms with Crippen LogP contribution in [0.5, 0.6) is 0 Å². The van der Waals surface area contributed by atoms with Gasteiger partial charge >= 0.3 is 0 Å². The highest BCUT2D eigenvalue weighted by Crippen LogP contribution is 2.40. The second-order valence-corrected chi connectivity index (χ2v) is 8.58. The Morgan fingerprint density at radius 1 is 1.21 bits per heavy atom. The van der Waals surface area contributed by atoms with Gasteiger partial charge in [0.25, 0.3) is 5.91 Å². The molecule has 4 rings (SSSR count). The first-order valence-electron chi connectivity index (χ1n) is 8.99. The van der Waals surface area contributed by atoms with Crippen molar-refractivity contribution in [2.45, 2.75) is 52.0 Å². The van der Waals surface area contributed by atoms with Gasteiger partial charge in [0.1, 0.15) is 5.82 Å². The molecule has 0 N–H and O–H groups in total. The minimum absolute atomic E-state index is 0.212. The molecular formula is C19H25N3OS. The molecule has 1 amide bonds. The van der Waals surface area contributed by atoms with Crippen molar-refractivity contribution >= 4 is 17.2 Å². The summed E-state index contributed by atoms with van der Waals surface area (Å²) < 4.78 is 2.43. The number of carbonyl (C=O) groups is 1. The molecule has 128 valence electrons. The van der Waals surface area contributed by atoms with Crippen LogP contribution in [0.1, 0.15) is 57.7 Å². The van der Waals surface area contributed by atoms with E-state index < -0.39 is 0 Å². The van der Waals surface area contributed by atoms with Crippen molar-refractivity contribution in [2.24, 2.45) is 5.92 Å². The second kappa shape index (κ2) is 6.36. The van der Waals surface area contributed by atoms with E-state index in [2.05, 4.69) is 23.4 Å². The van der Waals surface area contributed by atoms with Gasteiger partial charge in [0.15, 0.2) is 0 Å². The Balaban J connectivity index is 1.36. The molecule has 0 aromatic carbocycles. The largest absolute Gasteiger partial charge is 0.338 e. The molecular weight excluding hydrogens is 318 g/mol. The predicted molar refractivity (Wildman–Crippen MR) is 96.6 cm³/mol. The van der Waals surface area contributed by atoms with E-state index >= 15 is 0 Å². The Morgan fingerprint density at radius 3 is 2.58 bits per heavy atom. The van der Waals surface area contributed by atoms with Gasteiger partial charge in [-0.2, -0.15) is 0 Å². The van der Waals surface area contributed by atoms with E-state index in [1.54, 1.807) is 11.3 Å². The summed E-state index contributed by atoms with van der Waals surface area (Å²) in [6.07, 6.45) is 6.80. The number of carbonyl (C=O) groups excluding carboxylic acids is 1. The second-order valence-electron chi connectivity index (χ2n) is 7.29. The van der Waals surface area contributed by atoms with Crippen molar-refractivity contribution in [1.29, 1.82) is 0 Å². The lowest BCUT2D eigenvalue weighted by atomic mass is 9.96. The molecule has 0 bridgehead atoms. The van der Waals surface area contributed by atoms with Crippen LogP contribution >= 0.6 is 11.3 Å². The smallest absolute Gasteiger partial charge is 0.263 e. The zero-order chi connectivity index (χ0) is 16.7. The predicted octanol–water partition coefficient (Wildman–Crippen LogP) is 3.99. The third kappa shape index (κ3) is 3.14. The number of thiophene rings is 1. The minimum Gasteiger partial charge on any atom is -0.338 e. The Morgan fingerprint density at radius 2 is 1.96 bits per heavy atom. The SMILES string of the molecule is Cc1ccc(C(=O)N2CCC(Cn3c(C)cnc3C3CC3)CC2)s1. The van der Waals surface area contributed by atoms with Gasteiger partial charge in [-0.25, -0.2) is 4.98 Å². The zero-order valence-corrected chi connectivity index (χ0v) is 15.3. The van der Waals surface area contributed by atoms with Gasteiger partial charge in [-0.15, -0.1) is 11.3 Å². The third-order valence-electron chi connectivity index (χ3n) is 5.32. The van der Waals surface area contributed by atoms with Gasteiger partial charge in [0, 0.05) is 42.3 Å². The molecule has 0 spiro atoms. The molecule has 0 unspecified atom stereocenters. The molecule has 0 radical (unpaired) electrons. The van der Waals surface area contributed by atoms with Crippen molar-refractivity contribution in [3.8, 4) is 0 Å². The maximum absolute atomic E-state index is 12.6. The Labute approximate surface area is 147 Å². The molecule has 3 heterocycles. The van der Waals surface area contributed by atoms with Gasteiger partial charge in [-0.1, -0.05) is 0 Å². The summed E-state index contributed by atoms with van der Waals surface area (Å²) in [5.41, 5.74) is 1.28. The molecule has 5 heteroatoms. The average Bonchev–Trinajstić information content (AvgIpc) is 3.24. The van der Waals surface area contributed by atoms with E-state index in [4.69, 9.17) is 0 Å². The normalized spacial score (nSPS) is 19.0. The number of hydrogen-bond donors (Lipinski definition) is 0. The van der Waals surface area contributed by atoms with Gasteiger partial charge in [-0.3, -0.25) is 4.79 Å². The van der Waals surface area contributed by atoms with Crippen molar-refractivity contribution < 1.29 is 4.79 Å². The number of piperidine rings is 1. The van der Waals surface area contributed by atoms with E-state index in [1.165, 1.54) is 29.2 Å². The van der Waals surface area contributed by atoms with Crippen molar-refractivity contribution in [1.82, 2.24) is 14.5 Å². The lowest BCUT2D eigenvalue weighted by molar-refractivity contribution is 0.0687. The molecule has 1 saturated heterocycles. The van der Waals surface area contributed by atoms with Crippen LogP contribution in [0.3, 0.4) is 0 Å². The molecule has 0 atom stereocenters. The first-order chi connectivity index (χ1) is 11.6.